The molecule has 154 valence electrons. The molecule has 8 heteroatoms. The maximum atomic E-state index is 5.55. The van der Waals surface area contributed by atoms with Gasteiger partial charge in [0.25, 0.3) is 0 Å². The lowest BCUT2D eigenvalue weighted by molar-refractivity contribution is 0.311. The van der Waals surface area contributed by atoms with Crippen LogP contribution in [0.2, 0.25) is 0 Å². The Morgan fingerprint density at radius 2 is 1.93 bits per heavy atom. The average molecular weight is 507 g/mol. The fraction of sp³-hybridized carbons (Fsp3) is 0.238. The molecule has 3 rings (SSSR count). The molecule has 2 N–H and O–H groups in total. The van der Waals surface area contributed by atoms with Crippen molar-refractivity contribution >= 4 is 35.6 Å². The molecule has 0 fully saturated rings. The van der Waals surface area contributed by atoms with Crippen molar-refractivity contribution in [3.05, 3.63) is 66.5 Å². The van der Waals surface area contributed by atoms with E-state index in [1.54, 1.807) is 20.4 Å². The van der Waals surface area contributed by atoms with Gasteiger partial charge in [0.1, 0.15) is 0 Å². The van der Waals surface area contributed by atoms with Gasteiger partial charge in [-0.25, -0.2) is 4.68 Å². The van der Waals surface area contributed by atoms with E-state index in [1.165, 1.54) is 0 Å². The van der Waals surface area contributed by atoms with E-state index >= 15 is 0 Å². The first kappa shape index (κ1) is 22.5. The van der Waals surface area contributed by atoms with E-state index in [0.717, 1.165) is 22.7 Å². The molecule has 0 amide bonds. The van der Waals surface area contributed by atoms with Gasteiger partial charge in [0.15, 0.2) is 17.5 Å². The zero-order valence-corrected chi connectivity index (χ0v) is 19.1. The number of methoxy groups -OCH3 is 1. The maximum absolute atomic E-state index is 5.55. The molecule has 0 saturated heterocycles. The summed E-state index contributed by atoms with van der Waals surface area (Å²) in [7, 11) is 3.36. The van der Waals surface area contributed by atoms with Crippen molar-refractivity contribution in [1.82, 2.24) is 15.1 Å². The van der Waals surface area contributed by atoms with Crippen LogP contribution in [0, 0.1) is 0 Å². The fourth-order valence-electron chi connectivity index (χ4n) is 2.71. The van der Waals surface area contributed by atoms with Crippen LogP contribution in [0.1, 0.15) is 12.5 Å². The standard InChI is InChI=1S/C21H25N5O2.HI/c1-4-28-19-11-8-17(14-20(19)27-3)25-21(22-2)23-15-16-6-9-18(10-7-16)26-13-5-12-24-26;/h5-14H,4,15H2,1-3H3,(H2,22,23,25);1H. The second-order valence-electron chi connectivity index (χ2n) is 5.97. The van der Waals surface area contributed by atoms with Crippen LogP contribution in [0.5, 0.6) is 11.5 Å². The van der Waals surface area contributed by atoms with E-state index in [2.05, 4.69) is 32.9 Å². The van der Waals surface area contributed by atoms with Gasteiger partial charge in [0.2, 0.25) is 0 Å². The van der Waals surface area contributed by atoms with Crippen molar-refractivity contribution in [3.63, 3.8) is 0 Å². The quantitative estimate of drug-likeness (QED) is 0.287. The number of anilines is 1. The summed E-state index contributed by atoms with van der Waals surface area (Å²) in [6.07, 6.45) is 3.69. The Morgan fingerprint density at radius 1 is 1.14 bits per heavy atom. The highest BCUT2D eigenvalue weighted by Crippen LogP contribution is 2.30. The molecule has 7 nitrogen and oxygen atoms in total. The first-order valence-corrected chi connectivity index (χ1v) is 9.11. The number of aromatic nitrogens is 2. The fourth-order valence-corrected chi connectivity index (χ4v) is 2.71. The van der Waals surface area contributed by atoms with E-state index in [1.807, 2.05) is 54.2 Å². The molecule has 0 atom stereocenters. The number of aliphatic imine (C=N–C) groups is 1. The van der Waals surface area contributed by atoms with Gasteiger partial charge >= 0.3 is 0 Å². The zero-order chi connectivity index (χ0) is 19.8. The smallest absolute Gasteiger partial charge is 0.195 e. The van der Waals surface area contributed by atoms with Crippen molar-refractivity contribution in [2.45, 2.75) is 13.5 Å². The average Bonchev–Trinajstić information content (AvgIpc) is 3.27. The molecule has 0 spiro atoms. The lowest BCUT2D eigenvalue weighted by Gasteiger charge is -2.15. The summed E-state index contributed by atoms with van der Waals surface area (Å²) in [4.78, 5) is 4.28. The molecule has 0 aliphatic heterocycles. The van der Waals surface area contributed by atoms with E-state index in [9.17, 15) is 0 Å². The first-order chi connectivity index (χ1) is 13.7. The van der Waals surface area contributed by atoms with Crippen LogP contribution in [0.3, 0.4) is 0 Å². The Kier molecular flexibility index (Phi) is 8.78. The maximum Gasteiger partial charge on any atom is 0.195 e. The predicted octanol–water partition coefficient (Wildman–Crippen LogP) is 4.09. The number of ether oxygens (including phenoxy) is 2. The number of nitrogens with zero attached hydrogens (tertiary/aromatic N) is 3. The molecule has 0 saturated carbocycles. The van der Waals surface area contributed by atoms with Crippen LogP contribution in [0.4, 0.5) is 5.69 Å². The largest absolute Gasteiger partial charge is 0.493 e. The summed E-state index contributed by atoms with van der Waals surface area (Å²) in [5.74, 6) is 2.06. The summed E-state index contributed by atoms with van der Waals surface area (Å²) in [6.45, 7) is 3.18. The van der Waals surface area contributed by atoms with Crippen LogP contribution in [-0.4, -0.2) is 36.5 Å². The lowest BCUT2D eigenvalue weighted by atomic mass is 10.2. The molecule has 2 aromatic carbocycles. The molecular weight excluding hydrogens is 481 g/mol. The van der Waals surface area contributed by atoms with Crippen LogP contribution >= 0.6 is 24.0 Å². The molecule has 0 unspecified atom stereocenters. The van der Waals surface area contributed by atoms with Gasteiger partial charge in [0, 0.05) is 37.7 Å². The minimum Gasteiger partial charge on any atom is -0.493 e. The predicted molar refractivity (Wildman–Crippen MR) is 127 cm³/mol. The molecule has 1 heterocycles. The third-order valence-corrected chi connectivity index (χ3v) is 4.12. The van der Waals surface area contributed by atoms with E-state index in [0.29, 0.717) is 24.9 Å². The molecular formula is C21H26IN5O2. The third kappa shape index (κ3) is 6.11. The summed E-state index contributed by atoms with van der Waals surface area (Å²) >= 11 is 0. The summed E-state index contributed by atoms with van der Waals surface area (Å²) in [6, 6.07) is 15.8. The van der Waals surface area contributed by atoms with Gasteiger partial charge in [-0.05, 0) is 42.8 Å². The monoisotopic (exact) mass is 507 g/mol. The van der Waals surface area contributed by atoms with Gasteiger partial charge < -0.3 is 20.1 Å². The van der Waals surface area contributed by atoms with Crippen molar-refractivity contribution in [1.29, 1.82) is 0 Å². The number of hydrogen-bond acceptors (Lipinski definition) is 4. The second kappa shape index (κ2) is 11.3. The molecule has 0 aliphatic rings. The molecule has 0 bridgehead atoms. The number of rotatable bonds is 7. The number of nitrogens with one attached hydrogen (secondary N) is 2. The van der Waals surface area contributed by atoms with Crippen LogP contribution in [-0.2, 0) is 6.54 Å². The Morgan fingerprint density at radius 3 is 2.55 bits per heavy atom. The van der Waals surface area contributed by atoms with E-state index < -0.39 is 0 Å². The van der Waals surface area contributed by atoms with Gasteiger partial charge in [0.05, 0.1) is 19.4 Å². The third-order valence-electron chi connectivity index (χ3n) is 4.12. The molecule has 0 aliphatic carbocycles. The Labute approximate surface area is 188 Å². The molecule has 0 radical (unpaired) electrons. The van der Waals surface area contributed by atoms with Gasteiger partial charge in [-0.15, -0.1) is 24.0 Å². The molecule has 1 aromatic heterocycles. The number of halogens is 1. The summed E-state index contributed by atoms with van der Waals surface area (Å²) in [5, 5.41) is 10.8. The van der Waals surface area contributed by atoms with Crippen molar-refractivity contribution in [2.24, 2.45) is 4.99 Å². The normalized spacial score (nSPS) is 10.8. The van der Waals surface area contributed by atoms with E-state index in [4.69, 9.17) is 9.47 Å². The van der Waals surface area contributed by atoms with Crippen LogP contribution in [0.25, 0.3) is 5.69 Å². The summed E-state index contributed by atoms with van der Waals surface area (Å²) < 4.78 is 12.8. The van der Waals surface area contributed by atoms with Crippen molar-refractivity contribution in [3.8, 4) is 17.2 Å². The highest BCUT2D eigenvalue weighted by atomic mass is 127. The number of benzene rings is 2. The topological polar surface area (TPSA) is 72.7 Å². The SMILES string of the molecule is CCOc1ccc(NC(=NC)NCc2ccc(-n3cccn3)cc2)cc1OC.I. The Hall–Kier alpha value is -2.75. The van der Waals surface area contributed by atoms with E-state index in [-0.39, 0.29) is 24.0 Å². The minimum atomic E-state index is 0. The second-order valence-corrected chi connectivity index (χ2v) is 5.97. The lowest BCUT2D eigenvalue weighted by Crippen LogP contribution is -2.30. The number of hydrogen-bond donors (Lipinski definition) is 2. The molecule has 3 aromatic rings. The van der Waals surface area contributed by atoms with Crippen LogP contribution in [0.15, 0.2) is 65.9 Å². The Balaban J connectivity index is 0.00000300. The highest BCUT2D eigenvalue weighted by Gasteiger charge is 2.07. The molecule has 29 heavy (non-hydrogen) atoms. The van der Waals surface area contributed by atoms with Gasteiger partial charge in [-0.1, -0.05) is 12.1 Å². The van der Waals surface area contributed by atoms with Gasteiger partial charge in [-0.3, -0.25) is 4.99 Å². The number of guanidine groups is 1. The Bertz CT molecular complexity index is 911. The highest BCUT2D eigenvalue weighted by molar-refractivity contribution is 14.0. The van der Waals surface area contributed by atoms with Gasteiger partial charge in [-0.2, -0.15) is 5.10 Å². The minimum absolute atomic E-state index is 0. The van der Waals surface area contributed by atoms with Crippen molar-refractivity contribution in [2.75, 3.05) is 26.1 Å². The first-order valence-electron chi connectivity index (χ1n) is 9.11. The summed E-state index contributed by atoms with van der Waals surface area (Å²) in [5.41, 5.74) is 3.03. The zero-order valence-electron chi connectivity index (χ0n) is 16.8. The van der Waals surface area contributed by atoms with Crippen molar-refractivity contribution < 1.29 is 9.47 Å². The van der Waals surface area contributed by atoms with Crippen LogP contribution < -0.4 is 20.1 Å².